The Bertz CT molecular complexity index is 738. The SMILES string of the molecule is CC1=C[C@H](c2ccc(C#C[Si](C)(C)C)cc2)O[C@@H]1CO[Si](C)(C)C(C)(C)C. The molecule has 0 N–H and O–H groups in total. The van der Waals surface area contributed by atoms with Gasteiger partial charge in [0.2, 0.25) is 0 Å². The van der Waals surface area contributed by atoms with Crippen molar-refractivity contribution in [2.24, 2.45) is 0 Å². The molecule has 0 fully saturated rings. The van der Waals surface area contributed by atoms with Gasteiger partial charge in [-0.2, -0.15) is 0 Å². The molecule has 0 aromatic heterocycles. The van der Waals surface area contributed by atoms with Crippen LogP contribution in [0, 0.1) is 11.5 Å². The van der Waals surface area contributed by atoms with Crippen LogP contribution in [-0.4, -0.2) is 29.1 Å². The minimum absolute atomic E-state index is 0.0111. The van der Waals surface area contributed by atoms with Crippen molar-refractivity contribution in [1.82, 2.24) is 0 Å². The highest BCUT2D eigenvalue weighted by Gasteiger charge is 2.38. The molecule has 27 heavy (non-hydrogen) atoms. The standard InChI is InChI=1S/C23H36O2Si2/c1-18-16-21(25-22(18)17-24-27(8,9)23(2,3)4)20-12-10-19(11-13-20)14-15-26(5,6)7/h10-13,16,21-22H,17H2,1-9H3/t21-,22-/m1/s1. The van der Waals surface area contributed by atoms with Gasteiger partial charge in [0.25, 0.3) is 0 Å². The molecule has 2 nitrogen and oxygen atoms in total. The van der Waals surface area contributed by atoms with E-state index in [1.165, 1.54) is 11.1 Å². The summed E-state index contributed by atoms with van der Waals surface area (Å²) in [5, 5.41) is 0.218. The first kappa shape index (κ1) is 22.2. The van der Waals surface area contributed by atoms with Crippen molar-refractivity contribution in [3.05, 3.63) is 47.0 Å². The van der Waals surface area contributed by atoms with Crippen LogP contribution in [0.2, 0.25) is 37.8 Å². The van der Waals surface area contributed by atoms with E-state index in [4.69, 9.17) is 9.16 Å². The van der Waals surface area contributed by atoms with Crippen molar-refractivity contribution in [2.45, 2.75) is 77.7 Å². The molecule has 0 unspecified atom stereocenters. The molecule has 1 heterocycles. The van der Waals surface area contributed by atoms with Gasteiger partial charge in [0.15, 0.2) is 8.32 Å². The monoisotopic (exact) mass is 400 g/mol. The van der Waals surface area contributed by atoms with Crippen LogP contribution >= 0.6 is 0 Å². The molecule has 1 aromatic carbocycles. The van der Waals surface area contributed by atoms with E-state index in [1.54, 1.807) is 0 Å². The molecule has 2 rings (SSSR count). The van der Waals surface area contributed by atoms with E-state index in [2.05, 4.69) is 102 Å². The van der Waals surface area contributed by atoms with Gasteiger partial charge in [-0.15, -0.1) is 5.54 Å². The molecule has 1 aliphatic heterocycles. The van der Waals surface area contributed by atoms with Crippen LogP contribution in [0.5, 0.6) is 0 Å². The average molecular weight is 401 g/mol. The van der Waals surface area contributed by atoms with Gasteiger partial charge in [-0.05, 0) is 54.4 Å². The maximum Gasteiger partial charge on any atom is 0.192 e. The normalized spacial score (nSPS) is 20.9. The number of hydrogen-bond acceptors (Lipinski definition) is 2. The summed E-state index contributed by atoms with van der Waals surface area (Å²) in [7, 11) is -3.10. The van der Waals surface area contributed by atoms with Crippen LogP contribution in [0.25, 0.3) is 0 Å². The highest BCUT2D eigenvalue weighted by atomic mass is 28.4. The van der Waals surface area contributed by atoms with Crippen LogP contribution in [-0.2, 0) is 9.16 Å². The number of ether oxygens (including phenoxy) is 1. The van der Waals surface area contributed by atoms with E-state index in [0.29, 0.717) is 6.61 Å². The van der Waals surface area contributed by atoms with Crippen LogP contribution in [0.15, 0.2) is 35.9 Å². The van der Waals surface area contributed by atoms with Gasteiger partial charge < -0.3 is 9.16 Å². The Hall–Kier alpha value is -1.13. The van der Waals surface area contributed by atoms with Crippen molar-refractivity contribution in [3.8, 4) is 11.5 Å². The second-order valence-electron chi connectivity index (χ2n) is 10.1. The molecule has 0 aliphatic carbocycles. The van der Waals surface area contributed by atoms with Crippen molar-refractivity contribution in [3.63, 3.8) is 0 Å². The van der Waals surface area contributed by atoms with Crippen molar-refractivity contribution >= 4 is 16.4 Å². The molecule has 1 aromatic rings. The van der Waals surface area contributed by atoms with E-state index < -0.39 is 16.4 Å². The summed E-state index contributed by atoms with van der Waals surface area (Å²) < 4.78 is 12.7. The fraction of sp³-hybridized carbons (Fsp3) is 0.565. The van der Waals surface area contributed by atoms with Gasteiger partial charge in [0, 0.05) is 5.56 Å². The van der Waals surface area contributed by atoms with Crippen molar-refractivity contribution in [2.75, 3.05) is 6.61 Å². The molecular weight excluding hydrogens is 364 g/mol. The summed E-state index contributed by atoms with van der Waals surface area (Å²) in [5.41, 5.74) is 6.95. The third-order valence-corrected chi connectivity index (χ3v) is 10.8. The first-order valence-corrected chi connectivity index (χ1v) is 16.3. The molecule has 4 heteroatoms. The fourth-order valence-electron chi connectivity index (χ4n) is 2.53. The van der Waals surface area contributed by atoms with Crippen LogP contribution in [0.4, 0.5) is 0 Å². The number of benzene rings is 1. The summed E-state index contributed by atoms with van der Waals surface area (Å²) >= 11 is 0. The van der Waals surface area contributed by atoms with Gasteiger partial charge in [-0.1, -0.05) is 58.5 Å². The Balaban J connectivity index is 2.01. The maximum atomic E-state index is 6.37. The van der Waals surface area contributed by atoms with E-state index in [0.717, 1.165) is 5.56 Å². The largest absolute Gasteiger partial charge is 0.414 e. The molecule has 2 atom stereocenters. The summed E-state index contributed by atoms with van der Waals surface area (Å²) in [5.74, 6) is 3.31. The lowest BCUT2D eigenvalue weighted by molar-refractivity contribution is 0.0239. The lowest BCUT2D eigenvalue weighted by Crippen LogP contribution is -2.42. The first-order chi connectivity index (χ1) is 12.3. The van der Waals surface area contributed by atoms with Gasteiger partial charge in [-0.3, -0.25) is 0 Å². The minimum atomic E-state index is -1.75. The maximum absolute atomic E-state index is 6.37. The number of rotatable bonds is 4. The zero-order valence-electron chi connectivity index (χ0n) is 18.6. The minimum Gasteiger partial charge on any atom is -0.414 e. The zero-order valence-corrected chi connectivity index (χ0v) is 20.6. The molecule has 0 bridgehead atoms. The predicted octanol–water partition coefficient (Wildman–Crippen LogP) is 6.32. The van der Waals surface area contributed by atoms with Crippen LogP contribution in [0.3, 0.4) is 0 Å². The molecule has 0 amide bonds. The molecular formula is C23H36O2Si2. The lowest BCUT2D eigenvalue weighted by Gasteiger charge is -2.37. The fourth-order valence-corrected chi connectivity index (χ4v) is 4.05. The molecule has 0 radical (unpaired) electrons. The van der Waals surface area contributed by atoms with Gasteiger partial charge >= 0.3 is 0 Å². The van der Waals surface area contributed by atoms with E-state index in [9.17, 15) is 0 Å². The Kier molecular flexibility index (Phi) is 6.64. The van der Waals surface area contributed by atoms with Gasteiger partial charge in [-0.25, -0.2) is 0 Å². The van der Waals surface area contributed by atoms with Gasteiger partial charge in [0.05, 0.1) is 6.61 Å². The second-order valence-corrected chi connectivity index (χ2v) is 19.7. The third kappa shape index (κ3) is 6.18. The Morgan fingerprint density at radius 2 is 1.63 bits per heavy atom. The molecule has 0 saturated heterocycles. The smallest absolute Gasteiger partial charge is 0.192 e. The first-order valence-electron chi connectivity index (χ1n) is 9.89. The van der Waals surface area contributed by atoms with Crippen LogP contribution in [0.1, 0.15) is 44.9 Å². The Morgan fingerprint density at radius 1 is 1.04 bits per heavy atom. The molecule has 0 saturated carbocycles. The molecule has 0 spiro atoms. The second kappa shape index (κ2) is 8.09. The summed E-state index contributed by atoms with van der Waals surface area (Å²) in [6.45, 7) is 21.0. The summed E-state index contributed by atoms with van der Waals surface area (Å²) in [6.07, 6.45) is 2.29. The van der Waals surface area contributed by atoms with Crippen LogP contribution < -0.4 is 0 Å². The highest BCUT2D eigenvalue weighted by molar-refractivity contribution is 6.83. The topological polar surface area (TPSA) is 18.5 Å². The quantitative estimate of drug-likeness (QED) is 0.334. The summed E-state index contributed by atoms with van der Waals surface area (Å²) in [4.78, 5) is 0. The highest BCUT2D eigenvalue weighted by Crippen LogP contribution is 2.38. The zero-order chi connectivity index (χ0) is 20.5. The van der Waals surface area contributed by atoms with E-state index in [-0.39, 0.29) is 17.2 Å². The Labute approximate surface area is 168 Å². The van der Waals surface area contributed by atoms with E-state index in [1.807, 2.05) is 0 Å². The van der Waals surface area contributed by atoms with E-state index >= 15 is 0 Å². The predicted molar refractivity (Wildman–Crippen MR) is 121 cm³/mol. The van der Waals surface area contributed by atoms with Crippen molar-refractivity contribution in [1.29, 1.82) is 0 Å². The third-order valence-electron chi connectivity index (χ3n) is 5.46. The summed E-state index contributed by atoms with van der Waals surface area (Å²) in [6, 6.07) is 8.49. The number of hydrogen-bond donors (Lipinski definition) is 0. The molecule has 1 aliphatic rings. The molecule has 148 valence electrons. The average Bonchev–Trinajstić information content (AvgIpc) is 2.91. The lowest BCUT2D eigenvalue weighted by atomic mass is 10.1. The van der Waals surface area contributed by atoms with Crippen molar-refractivity contribution < 1.29 is 9.16 Å². The Morgan fingerprint density at radius 3 is 2.15 bits per heavy atom. The van der Waals surface area contributed by atoms with Gasteiger partial charge in [0.1, 0.15) is 20.3 Å².